The normalized spacial score (nSPS) is 11.6. The van der Waals surface area contributed by atoms with Crippen LogP contribution in [0.4, 0.5) is 0 Å². The topological polar surface area (TPSA) is 82.8 Å². The van der Waals surface area contributed by atoms with Crippen molar-refractivity contribution in [2.75, 3.05) is 7.11 Å². The van der Waals surface area contributed by atoms with Crippen molar-refractivity contribution in [3.05, 3.63) is 121 Å². The minimum atomic E-state index is -0.443. The largest absolute Gasteiger partial charge is 0.497 e. The van der Waals surface area contributed by atoms with Crippen LogP contribution in [0.1, 0.15) is 16.8 Å². The fraction of sp³-hybridized carbons (Fsp3) is 0.0769. The molecule has 0 aliphatic heterocycles. The molecule has 8 heteroatoms. The van der Waals surface area contributed by atoms with Gasteiger partial charge in [0.25, 0.3) is 11.1 Å². The fourth-order valence-corrected chi connectivity index (χ4v) is 4.34. The van der Waals surface area contributed by atoms with E-state index in [9.17, 15) is 9.59 Å². The maximum absolute atomic E-state index is 13.0. The van der Waals surface area contributed by atoms with Crippen molar-refractivity contribution in [3.8, 4) is 17.2 Å². The summed E-state index contributed by atoms with van der Waals surface area (Å²) < 4.78 is 12.7. The van der Waals surface area contributed by atoms with Crippen LogP contribution in [-0.2, 0) is 6.42 Å². The highest BCUT2D eigenvalue weighted by atomic mass is 32.1. The maximum Gasteiger partial charge on any atom is 0.296 e. The first-order valence-electron chi connectivity index (χ1n) is 10.5. The molecule has 0 saturated carbocycles. The Morgan fingerprint density at radius 1 is 0.912 bits per heavy atom. The number of hydrogen-bond donors (Lipinski definition) is 0. The molecule has 2 heterocycles. The second kappa shape index (κ2) is 9.29. The van der Waals surface area contributed by atoms with Crippen LogP contribution in [0.2, 0.25) is 0 Å². The number of ether oxygens (including phenoxy) is 2. The van der Waals surface area contributed by atoms with Gasteiger partial charge in [0, 0.05) is 6.42 Å². The highest BCUT2D eigenvalue weighted by Gasteiger charge is 2.12. The number of fused-ring (bicyclic) bond motifs is 1. The van der Waals surface area contributed by atoms with Crippen molar-refractivity contribution < 1.29 is 9.47 Å². The van der Waals surface area contributed by atoms with E-state index in [-0.39, 0.29) is 22.6 Å². The molecule has 0 aliphatic carbocycles. The lowest BCUT2D eigenvalue weighted by Crippen LogP contribution is -2.28. The second-order valence-corrected chi connectivity index (χ2v) is 8.50. The third-order valence-electron chi connectivity index (χ3n) is 5.12. The summed E-state index contributed by atoms with van der Waals surface area (Å²) >= 11 is 1.13. The van der Waals surface area contributed by atoms with Crippen LogP contribution in [-0.4, -0.2) is 21.7 Å². The molecule has 34 heavy (non-hydrogen) atoms. The van der Waals surface area contributed by atoms with Gasteiger partial charge in [0.1, 0.15) is 22.9 Å². The molecule has 0 N–H and O–H groups in total. The van der Waals surface area contributed by atoms with E-state index in [1.807, 2.05) is 78.9 Å². The molecule has 0 saturated heterocycles. The number of hydrogen-bond acceptors (Lipinski definition) is 7. The van der Waals surface area contributed by atoms with Crippen LogP contribution in [0.15, 0.2) is 88.5 Å². The molecule has 168 valence electrons. The third-order valence-corrected chi connectivity index (χ3v) is 6.07. The Kier molecular flexibility index (Phi) is 5.88. The Morgan fingerprint density at radius 2 is 1.68 bits per heavy atom. The summed E-state index contributed by atoms with van der Waals surface area (Å²) in [7, 11) is 1.59. The predicted octanol–water partition coefficient (Wildman–Crippen LogP) is 3.45. The molecule has 0 bridgehead atoms. The Hall–Kier alpha value is -4.30. The van der Waals surface area contributed by atoms with Crippen molar-refractivity contribution in [3.63, 3.8) is 0 Å². The average Bonchev–Trinajstić information content (AvgIpc) is 3.14. The van der Waals surface area contributed by atoms with E-state index < -0.39 is 5.56 Å². The zero-order chi connectivity index (χ0) is 23.5. The van der Waals surface area contributed by atoms with Gasteiger partial charge in [0.2, 0.25) is 4.96 Å². The van der Waals surface area contributed by atoms with Gasteiger partial charge in [-0.3, -0.25) is 9.59 Å². The monoisotopic (exact) mass is 469 g/mol. The summed E-state index contributed by atoms with van der Waals surface area (Å²) in [5.41, 5.74) is 1.11. The van der Waals surface area contributed by atoms with E-state index in [1.54, 1.807) is 13.2 Å². The van der Waals surface area contributed by atoms with Gasteiger partial charge in [0.05, 0.1) is 11.6 Å². The first-order chi connectivity index (χ1) is 16.6. The number of nitrogens with zero attached hydrogens (tertiary/aromatic N) is 3. The molecule has 0 aliphatic rings. The lowest BCUT2D eigenvalue weighted by Gasteiger charge is -2.05. The number of para-hydroxylation sites is 1. The smallest absolute Gasteiger partial charge is 0.296 e. The van der Waals surface area contributed by atoms with Crippen LogP contribution in [0.3, 0.4) is 0 Å². The Bertz CT molecular complexity index is 1630. The Balaban J connectivity index is 1.47. The van der Waals surface area contributed by atoms with Gasteiger partial charge in [-0.05, 0) is 53.6 Å². The first-order valence-corrected chi connectivity index (χ1v) is 11.3. The van der Waals surface area contributed by atoms with Crippen molar-refractivity contribution >= 4 is 22.4 Å². The molecule has 0 unspecified atom stereocenters. The van der Waals surface area contributed by atoms with E-state index >= 15 is 0 Å². The molecule has 5 aromatic rings. The van der Waals surface area contributed by atoms with Gasteiger partial charge in [-0.2, -0.15) is 14.6 Å². The molecule has 0 atom stereocenters. The number of thiazole rings is 1. The second-order valence-electron chi connectivity index (χ2n) is 7.49. The maximum atomic E-state index is 13.0. The quantitative estimate of drug-likeness (QED) is 0.379. The number of benzene rings is 3. The molecule has 0 amide bonds. The van der Waals surface area contributed by atoms with Crippen LogP contribution < -0.4 is 25.1 Å². The molecule has 5 rings (SSSR count). The average molecular weight is 470 g/mol. The highest BCUT2D eigenvalue weighted by molar-refractivity contribution is 7.15. The van der Waals surface area contributed by atoms with E-state index in [1.165, 1.54) is 4.52 Å². The molecule has 0 radical (unpaired) electrons. The van der Waals surface area contributed by atoms with Crippen molar-refractivity contribution in [2.24, 2.45) is 0 Å². The summed E-state index contributed by atoms with van der Waals surface area (Å²) in [5, 5.41) is 4.31. The fourth-order valence-electron chi connectivity index (χ4n) is 3.43. The van der Waals surface area contributed by atoms with Gasteiger partial charge < -0.3 is 9.47 Å². The molecule has 0 fully saturated rings. The Labute approximate surface area is 198 Å². The van der Waals surface area contributed by atoms with Gasteiger partial charge in [0.15, 0.2) is 0 Å². The predicted molar refractivity (Wildman–Crippen MR) is 131 cm³/mol. The van der Waals surface area contributed by atoms with Crippen LogP contribution >= 0.6 is 11.3 Å². The summed E-state index contributed by atoms with van der Waals surface area (Å²) in [5.74, 6) is 2.10. The van der Waals surface area contributed by atoms with Crippen molar-refractivity contribution in [1.29, 1.82) is 0 Å². The van der Waals surface area contributed by atoms with E-state index in [0.717, 1.165) is 34.0 Å². The molecule has 2 aromatic heterocycles. The SMILES string of the molecule is COc1ccc(Cc2nn3c(=O)/c(=C\c4cccc(Oc5ccccc5)c4)sc3nc2=O)cc1. The third kappa shape index (κ3) is 4.57. The lowest BCUT2D eigenvalue weighted by molar-refractivity contribution is 0.414. The first kappa shape index (κ1) is 21.5. The minimum Gasteiger partial charge on any atom is -0.497 e. The zero-order valence-corrected chi connectivity index (χ0v) is 19.0. The molecular formula is C26H19N3O4S. The summed E-state index contributed by atoms with van der Waals surface area (Å²) in [6.45, 7) is 0. The van der Waals surface area contributed by atoms with E-state index in [2.05, 4.69) is 10.1 Å². The van der Waals surface area contributed by atoms with Gasteiger partial charge in [-0.25, -0.2) is 0 Å². The standard InChI is InChI=1S/C26H19N3O4S/c1-32-19-12-10-17(11-13-19)15-22-24(30)27-26-29(28-22)25(31)23(34-26)16-18-6-5-9-21(14-18)33-20-7-3-2-4-8-20/h2-14,16H,15H2,1H3/b23-16+. The van der Waals surface area contributed by atoms with Gasteiger partial charge in [-0.15, -0.1) is 0 Å². The van der Waals surface area contributed by atoms with Gasteiger partial charge in [-0.1, -0.05) is 53.8 Å². The summed E-state index contributed by atoms with van der Waals surface area (Å²) in [6.07, 6.45) is 2.01. The molecule has 3 aromatic carbocycles. The highest BCUT2D eigenvalue weighted by Crippen LogP contribution is 2.22. The Morgan fingerprint density at radius 3 is 2.44 bits per heavy atom. The van der Waals surface area contributed by atoms with Crippen LogP contribution in [0, 0.1) is 0 Å². The lowest BCUT2D eigenvalue weighted by atomic mass is 10.1. The van der Waals surface area contributed by atoms with Crippen molar-refractivity contribution in [2.45, 2.75) is 6.42 Å². The summed E-state index contributed by atoms with van der Waals surface area (Å²) in [6, 6.07) is 24.2. The van der Waals surface area contributed by atoms with E-state index in [0.29, 0.717) is 10.3 Å². The van der Waals surface area contributed by atoms with Crippen LogP contribution in [0.25, 0.3) is 11.0 Å². The number of aromatic nitrogens is 3. The summed E-state index contributed by atoms with van der Waals surface area (Å²) in [4.78, 5) is 29.9. The zero-order valence-electron chi connectivity index (χ0n) is 18.2. The number of rotatable bonds is 6. The minimum absolute atomic E-state index is 0.211. The van der Waals surface area contributed by atoms with Crippen LogP contribution in [0.5, 0.6) is 17.2 Å². The molecule has 0 spiro atoms. The van der Waals surface area contributed by atoms with Crippen molar-refractivity contribution in [1.82, 2.24) is 14.6 Å². The van der Waals surface area contributed by atoms with Gasteiger partial charge >= 0.3 is 0 Å². The molecule has 7 nitrogen and oxygen atoms in total. The number of methoxy groups -OCH3 is 1. The molecular weight excluding hydrogens is 450 g/mol. The van der Waals surface area contributed by atoms with E-state index in [4.69, 9.17) is 9.47 Å².